The highest BCUT2D eigenvalue weighted by atomic mass is 79.9. The number of carbonyl (C=O) groups is 1. The van der Waals surface area contributed by atoms with E-state index < -0.39 is 5.91 Å². The number of nitrogens with one attached hydrogen (secondary N) is 1. The number of halogens is 1. The van der Waals surface area contributed by atoms with Crippen LogP contribution in [0, 0.1) is 0 Å². The second-order valence-electron chi connectivity index (χ2n) is 4.22. The van der Waals surface area contributed by atoms with Crippen LogP contribution in [0.1, 0.15) is 15.9 Å². The molecule has 0 saturated heterocycles. The van der Waals surface area contributed by atoms with Crippen LogP contribution in [-0.2, 0) is 13.6 Å². The predicted molar refractivity (Wildman–Crippen MR) is 79.5 cm³/mol. The minimum atomic E-state index is -0.456. The first kappa shape index (κ1) is 14.3. The molecule has 1 aromatic heterocycles. The molecule has 0 aliphatic rings. The van der Waals surface area contributed by atoms with Gasteiger partial charge in [-0.3, -0.25) is 9.59 Å². The zero-order chi connectivity index (χ0) is 14.7. The number of amides is 1. The van der Waals surface area contributed by atoms with Gasteiger partial charge < -0.3 is 11.1 Å². The van der Waals surface area contributed by atoms with Crippen LogP contribution in [0.3, 0.4) is 0 Å². The highest BCUT2D eigenvalue weighted by Crippen LogP contribution is 2.17. The van der Waals surface area contributed by atoms with Crippen LogP contribution < -0.4 is 16.6 Å². The maximum Gasteiger partial charge on any atom is 0.282 e. The van der Waals surface area contributed by atoms with Gasteiger partial charge in [0, 0.05) is 19.2 Å². The molecule has 0 fully saturated rings. The molecule has 0 bridgehead atoms. The number of nitrogens with zero attached hydrogens (tertiary/aromatic N) is 2. The fraction of sp³-hybridized carbons (Fsp3) is 0.154. The summed E-state index contributed by atoms with van der Waals surface area (Å²) in [5, 5.41) is 7.05. The van der Waals surface area contributed by atoms with Crippen molar-refractivity contribution in [2.24, 2.45) is 12.8 Å². The molecule has 3 N–H and O–H groups in total. The van der Waals surface area contributed by atoms with Crippen molar-refractivity contribution in [3.8, 4) is 0 Å². The average Bonchev–Trinajstić information content (AvgIpc) is 2.44. The van der Waals surface area contributed by atoms with Gasteiger partial charge in [-0.05, 0) is 33.6 Å². The van der Waals surface area contributed by atoms with Gasteiger partial charge in [0.05, 0.1) is 11.9 Å². The highest BCUT2D eigenvalue weighted by Gasteiger charge is 2.06. The Morgan fingerprint density at radius 1 is 1.40 bits per heavy atom. The molecule has 0 aliphatic carbocycles. The van der Waals surface area contributed by atoms with Gasteiger partial charge in [0.15, 0.2) is 0 Å². The Labute approximate surface area is 123 Å². The van der Waals surface area contributed by atoms with E-state index in [1.807, 2.05) is 0 Å². The van der Waals surface area contributed by atoms with Gasteiger partial charge in [-0.2, -0.15) is 5.10 Å². The number of rotatable bonds is 4. The third-order valence-electron chi connectivity index (χ3n) is 2.80. The monoisotopic (exact) mass is 336 g/mol. The Morgan fingerprint density at radius 3 is 2.65 bits per heavy atom. The number of nitrogens with two attached hydrogens (primary N) is 1. The quantitative estimate of drug-likeness (QED) is 0.879. The molecular weight excluding hydrogens is 324 g/mol. The normalized spacial score (nSPS) is 10.3. The van der Waals surface area contributed by atoms with E-state index in [0.717, 1.165) is 5.56 Å². The van der Waals surface area contributed by atoms with E-state index >= 15 is 0 Å². The molecule has 0 aliphatic heterocycles. The molecule has 0 saturated carbocycles. The summed E-state index contributed by atoms with van der Waals surface area (Å²) in [6, 6.07) is 6.93. The molecule has 0 spiro atoms. The second-order valence-corrected chi connectivity index (χ2v) is 5.01. The SMILES string of the molecule is Cn1ncc(NCc2ccc(C(N)=O)cc2)c(Br)c1=O. The molecule has 2 rings (SSSR count). The zero-order valence-electron chi connectivity index (χ0n) is 10.8. The van der Waals surface area contributed by atoms with Crippen molar-refractivity contribution in [3.05, 3.63) is 56.4 Å². The second kappa shape index (κ2) is 5.87. The fourth-order valence-electron chi connectivity index (χ4n) is 1.62. The standard InChI is InChI=1S/C13H13BrN4O2/c1-18-13(20)11(14)10(7-17-18)16-6-8-2-4-9(5-3-8)12(15)19/h2-5,7,16H,6H2,1H3,(H2,15,19). The van der Waals surface area contributed by atoms with Gasteiger partial charge >= 0.3 is 0 Å². The number of hydrogen-bond donors (Lipinski definition) is 2. The number of hydrogen-bond acceptors (Lipinski definition) is 4. The minimum absolute atomic E-state index is 0.209. The summed E-state index contributed by atoms with van der Waals surface area (Å²) in [7, 11) is 1.58. The first-order valence-corrected chi connectivity index (χ1v) is 6.63. The van der Waals surface area contributed by atoms with Crippen molar-refractivity contribution >= 4 is 27.5 Å². The van der Waals surface area contributed by atoms with Crippen molar-refractivity contribution in [1.82, 2.24) is 9.78 Å². The Morgan fingerprint density at radius 2 is 2.05 bits per heavy atom. The lowest BCUT2D eigenvalue weighted by atomic mass is 10.1. The topological polar surface area (TPSA) is 90.0 Å². The van der Waals surface area contributed by atoms with Crippen molar-refractivity contribution in [3.63, 3.8) is 0 Å². The van der Waals surface area contributed by atoms with Crippen molar-refractivity contribution in [2.45, 2.75) is 6.54 Å². The molecule has 6 nitrogen and oxygen atoms in total. The van der Waals surface area contributed by atoms with E-state index in [4.69, 9.17) is 5.73 Å². The van der Waals surface area contributed by atoms with E-state index in [-0.39, 0.29) is 5.56 Å². The summed E-state index contributed by atoms with van der Waals surface area (Å²) in [6.07, 6.45) is 1.57. The van der Waals surface area contributed by atoms with Crippen LogP contribution >= 0.6 is 15.9 Å². The summed E-state index contributed by atoms with van der Waals surface area (Å²) in [5.41, 5.74) is 7.01. The van der Waals surface area contributed by atoms with E-state index in [0.29, 0.717) is 22.3 Å². The van der Waals surface area contributed by atoms with Gasteiger partial charge in [-0.25, -0.2) is 4.68 Å². The maximum atomic E-state index is 11.7. The zero-order valence-corrected chi connectivity index (χ0v) is 12.3. The van der Waals surface area contributed by atoms with Crippen LogP contribution in [0.5, 0.6) is 0 Å². The van der Waals surface area contributed by atoms with Crippen molar-refractivity contribution in [1.29, 1.82) is 0 Å². The Bertz CT molecular complexity index is 695. The molecule has 7 heteroatoms. The Balaban J connectivity index is 2.11. The number of aromatic nitrogens is 2. The van der Waals surface area contributed by atoms with E-state index in [1.54, 1.807) is 37.5 Å². The van der Waals surface area contributed by atoms with E-state index in [2.05, 4.69) is 26.3 Å². The average molecular weight is 337 g/mol. The fourth-order valence-corrected chi connectivity index (χ4v) is 2.12. The van der Waals surface area contributed by atoms with Crippen molar-refractivity contribution in [2.75, 3.05) is 5.32 Å². The number of carbonyl (C=O) groups excluding carboxylic acids is 1. The minimum Gasteiger partial charge on any atom is -0.379 e. The summed E-state index contributed by atoms with van der Waals surface area (Å²) in [6.45, 7) is 0.506. The third-order valence-corrected chi connectivity index (χ3v) is 3.57. The van der Waals surface area contributed by atoms with Gasteiger partial charge in [0.25, 0.3) is 5.56 Å². The summed E-state index contributed by atoms with van der Waals surface area (Å²) < 4.78 is 1.68. The lowest BCUT2D eigenvalue weighted by Crippen LogP contribution is -2.21. The maximum absolute atomic E-state index is 11.7. The first-order chi connectivity index (χ1) is 9.49. The van der Waals surface area contributed by atoms with Crippen molar-refractivity contribution < 1.29 is 4.79 Å². The molecule has 1 aromatic carbocycles. The van der Waals surface area contributed by atoms with Gasteiger partial charge in [-0.1, -0.05) is 12.1 Å². The Kier molecular flexibility index (Phi) is 4.19. The van der Waals surface area contributed by atoms with E-state index in [9.17, 15) is 9.59 Å². The largest absolute Gasteiger partial charge is 0.379 e. The van der Waals surface area contributed by atoms with Crippen LogP contribution in [-0.4, -0.2) is 15.7 Å². The van der Waals surface area contributed by atoms with Gasteiger partial charge in [0.1, 0.15) is 4.47 Å². The molecule has 20 heavy (non-hydrogen) atoms. The molecule has 104 valence electrons. The predicted octanol–water partition coefficient (Wildman–Crippen LogP) is 1.25. The molecule has 2 aromatic rings. The van der Waals surface area contributed by atoms with E-state index in [1.165, 1.54) is 4.68 Å². The smallest absolute Gasteiger partial charge is 0.282 e. The number of benzene rings is 1. The van der Waals surface area contributed by atoms with Gasteiger partial charge in [0.2, 0.25) is 5.91 Å². The molecule has 0 unspecified atom stereocenters. The van der Waals surface area contributed by atoms with Crippen LogP contribution in [0.25, 0.3) is 0 Å². The molecule has 1 amide bonds. The molecular formula is C13H13BrN4O2. The van der Waals surface area contributed by atoms with Crippen LogP contribution in [0.15, 0.2) is 39.7 Å². The summed E-state index contributed by atoms with van der Waals surface area (Å²) >= 11 is 3.24. The lowest BCUT2D eigenvalue weighted by molar-refractivity contribution is 0.100. The molecule has 0 atom stereocenters. The van der Waals surface area contributed by atoms with Gasteiger partial charge in [-0.15, -0.1) is 0 Å². The number of primary amides is 1. The first-order valence-electron chi connectivity index (χ1n) is 5.83. The third kappa shape index (κ3) is 3.05. The number of aryl methyl sites for hydroxylation is 1. The van der Waals surface area contributed by atoms with Crippen LogP contribution in [0.2, 0.25) is 0 Å². The van der Waals surface area contributed by atoms with Crippen LogP contribution in [0.4, 0.5) is 5.69 Å². The lowest BCUT2D eigenvalue weighted by Gasteiger charge is -2.09. The number of anilines is 1. The summed E-state index contributed by atoms with van der Waals surface area (Å²) in [5.74, 6) is -0.456. The highest BCUT2D eigenvalue weighted by molar-refractivity contribution is 9.10. The molecule has 0 radical (unpaired) electrons. The molecule has 1 heterocycles. The summed E-state index contributed by atoms with van der Waals surface area (Å²) in [4.78, 5) is 22.6. The Hall–Kier alpha value is -2.15.